The van der Waals surface area contributed by atoms with E-state index in [0.717, 1.165) is 12.0 Å². The summed E-state index contributed by atoms with van der Waals surface area (Å²) < 4.78 is 5.30. The molecule has 0 spiro atoms. The second kappa shape index (κ2) is 5.39. The van der Waals surface area contributed by atoms with Crippen LogP contribution in [-0.4, -0.2) is 18.8 Å². The Bertz CT molecular complexity index is 552. The van der Waals surface area contributed by atoms with Crippen molar-refractivity contribution < 1.29 is 9.84 Å². The SMILES string of the molecule is COCC(O)(c1ccccc1)C1CC1c1ccccc1. The highest BCUT2D eigenvalue weighted by atomic mass is 16.5. The van der Waals surface area contributed by atoms with Gasteiger partial charge in [0, 0.05) is 13.0 Å². The molecule has 2 aromatic rings. The molecule has 3 rings (SSSR count). The van der Waals surface area contributed by atoms with Gasteiger partial charge in [0.1, 0.15) is 5.60 Å². The molecule has 3 atom stereocenters. The van der Waals surface area contributed by atoms with Crippen molar-refractivity contribution in [3.8, 4) is 0 Å². The molecule has 0 amide bonds. The summed E-state index contributed by atoms with van der Waals surface area (Å²) in [4.78, 5) is 0. The first-order valence-corrected chi connectivity index (χ1v) is 7.07. The molecule has 2 aromatic carbocycles. The molecule has 1 fully saturated rings. The topological polar surface area (TPSA) is 29.5 Å². The van der Waals surface area contributed by atoms with Gasteiger partial charge in [-0.15, -0.1) is 0 Å². The van der Waals surface area contributed by atoms with E-state index in [2.05, 4.69) is 24.3 Å². The number of hydrogen-bond donors (Lipinski definition) is 1. The third kappa shape index (κ3) is 2.37. The second-order valence-corrected chi connectivity index (χ2v) is 5.58. The van der Waals surface area contributed by atoms with Crippen molar-refractivity contribution >= 4 is 0 Å². The fraction of sp³-hybridized carbons (Fsp3) is 0.333. The van der Waals surface area contributed by atoms with Crippen molar-refractivity contribution in [2.24, 2.45) is 5.92 Å². The molecule has 3 unspecified atom stereocenters. The molecule has 104 valence electrons. The van der Waals surface area contributed by atoms with E-state index < -0.39 is 5.60 Å². The molecule has 0 aliphatic heterocycles. The first-order chi connectivity index (χ1) is 9.75. The number of aliphatic hydroxyl groups is 1. The van der Waals surface area contributed by atoms with E-state index in [1.807, 2.05) is 36.4 Å². The van der Waals surface area contributed by atoms with E-state index >= 15 is 0 Å². The molecule has 2 heteroatoms. The van der Waals surface area contributed by atoms with E-state index in [4.69, 9.17) is 4.74 Å². The van der Waals surface area contributed by atoms with Crippen molar-refractivity contribution in [1.82, 2.24) is 0 Å². The molecule has 0 saturated heterocycles. The lowest BCUT2D eigenvalue weighted by Crippen LogP contribution is -2.34. The molecule has 0 bridgehead atoms. The zero-order valence-electron chi connectivity index (χ0n) is 11.7. The molecular weight excluding hydrogens is 248 g/mol. The summed E-state index contributed by atoms with van der Waals surface area (Å²) in [5.74, 6) is 0.656. The molecule has 1 aliphatic rings. The van der Waals surface area contributed by atoms with Crippen LogP contribution in [0.1, 0.15) is 23.5 Å². The van der Waals surface area contributed by atoms with E-state index in [9.17, 15) is 5.11 Å². The van der Waals surface area contributed by atoms with Crippen LogP contribution >= 0.6 is 0 Å². The normalized spacial score (nSPS) is 24.1. The summed E-state index contributed by atoms with van der Waals surface area (Å²) in [6.07, 6.45) is 1.01. The van der Waals surface area contributed by atoms with Gasteiger partial charge in [0.2, 0.25) is 0 Å². The average molecular weight is 268 g/mol. The highest BCUT2D eigenvalue weighted by molar-refractivity contribution is 5.33. The Morgan fingerprint density at radius 1 is 1.05 bits per heavy atom. The average Bonchev–Trinajstić information content (AvgIpc) is 3.30. The van der Waals surface area contributed by atoms with Gasteiger partial charge in [0.15, 0.2) is 0 Å². The first-order valence-electron chi connectivity index (χ1n) is 7.07. The number of rotatable bonds is 5. The maximum atomic E-state index is 11.1. The Morgan fingerprint density at radius 2 is 1.65 bits per heavy atom. The third-order valence-corrected chi connectivity index (χ3v) is 4.27. The Balaban J connectivity index is 1.86. The van der Waals surface area contributed by atoms with Crippen molar-refractivity contribution in [3.63, 3.8) is 0 Å². The van der Waals surface area contributed by atoms with Crippen molar-refractivity contribution in [1.29, 1.82) is 0 Å². The fourth-order valence-corrected chi connectivity index (χ4v) is 3.14. The zero-order chi connectivity index (χ0) is 14.0. The maximum Gasteiger partial charge on any atom is 0.116 e. The first kappa shape index (κ1) is 13.3. The zero-order valence-corrected chi connectivity index (χ0v) is 11.7. The van der Waals surface area contributed by atoms with E-state index in [-0.39, 0.29) is 5.92 Å². The van der Waals surface area contributed by atoms with Gasteiger partial charge in [-0.3, -0.25) is 0 Å². The van der Waals surface area contributed by atoms with Gasteiger partial charge in [0.05, 0.1) is 6.61 Å². The van der Waals surface area contributed by atoms with Gasteiger partial charge >= 0.3 is 0 Å². The summed E-state index contributed by atoms with van der Waals surface area (Å²) in [6, 6.07) is 20.3. The third-order valence-electron chi connectivity index (χ3n) is 4.27. The molecule has 20 heavy (non-hydrogen) atoms. The monoisotopic (exact) mass is 268 g/mol. The van der Waals surface area contributed by atoms with Gasteiger partial charge in [-0.2, -0.15) is 0 Å². The van der Waals surface area contributed by atoms with Crippen LogP contribution < -0.4 is 0 Å². The predicted octanol–water partition coefficient (Wildman–Crippen LogP) is 3.32. The minimum atomic E-state index is -0.892. The highest BCUT2D eigenvalue weighted by Crippen LogP contribution is 2.56. The Labute approximate surface area is 120 Å². The fourth-order valence-electron chi connectivity index (χ4n) is 3.14. The lowest BCUT2D eigenvalue weighted by molar-refractivity contribution is -0.0547. The predicted molar refractivity (Wildman–Crippen MR) is 79.5 cm³/mol. The molecule has 1 saturated carbocycles. The van der Waals surface area contributed by atoms with Crippen LogP contribution in [0.15, 0.2) is 60.7 Å². The van der Waals surface area contributed by atoms with Crippen LogP contribution in [0.25, 0.3) is 0 Å². The molecule has 2 nitrogen and oxygen atoms in total. The van der Waals surface area contributed by atoms with E-state index in [1.165, 1.54) is 5.56 Å². The highest BCUT2D eigenvalue weighted by Gasteiger charge is 2.53. The summed E-state index contributed by atoms with van der Waals surface area (Å²) in [7, 11) is 1.65. The second-order valence-electron chi connectivity index (χ2n) is 5.58. The molecule has 1 aliphatic carbocycles. The number of benzene rings is 2. The number of methoxy groups -OCH3 is 1. The van der Waals surface area contributed by atoms with Crippen LogP contribution in [0.4, 0.5) is 0 Å². The summed E-state index contributed by atoms with van der Waals surface area (Å²) >= 11 is 0. The van der Waals surface area contributed by atoms with Crippen LogP contribution in [0.2, 0.25) is 0 Å². The standard InChI is InChI=1S/C18H20O2/c1-20-13-18(19,15-10-6-3-7-11-15)17-12-16(17)14-8-4-2-5-9-14/h2-11,16-17,19H,12-13H2,1H3. The Kier molecular flexibility index (Phi) is 3.60. The van der Waals surface area contributed by atoms with Crippen LogP contribution in [0.3, 0.4) is 0 Å². The van der Waals surface area contributed by atoms with Gasteiger partial charge in [-0.05, 0) is 23.5 Å². The Morgan fingerprint density at radius 3 is 2.25 bits per heavy atom. The van der Waals surface area contributed by atoms with Gasteiger partial charge in [-0.25, -0.2) is 0 Å². The number of hydrogen-bond acceptors (Lipinski definition) is 2. The molecule has 0 aromatic heterocycles. The molecular formula is C18H20O2. The van der Waals surface area contributed by atoms with Crippen LogP contribution in [-0.2, 0) is 10.3 Å². The molecule has 0 heterocycles. The molecule has 0 radical (unpaired) electrons. The minimum absolute atomic E-state index is 0.229. The summed E-state index contributed by atoms with van der Waals surface area (Å²) in [5.41, 5.74) is 1.37. The summed E-state index contributed by atoms with van der Waals surface area (Å²) in [5, 5.41) is 11.1. The van der Waals surface area contributed by atoms with Crippen molar-refractivity contribution in [3.05, 3.63) is 71.8 Å². The van der Waals surface area contributed by atoms with Crippen molar-refractivity contribution in [2.75, 3.05) is 13.7 Å². The smallest absolute Gasteiger partial charge is 0.116 e. The summed E-state index contributed by atoms with van der Waals surface area (Å²) in [6.45, 7) is 0.338. The quantitative estimate of drug-likeness (QED) is 0.901. The molecule has 1 N–H and O–H groups in total. The van der Waals surface area contributed by atoms with E-state index in [0.29, 0.717) is 12.5 Å². The lowest BCUT2D eigenvalue weighted by atomic mass is 9.87. The van der Waals surface area contributed by atoms with E-state index in [1.54, 1.807) is 7.11 Å². The number of ether oxygens (including phenoxy) is 1. The van der Waals surface area contributed by atoms with Crippen LogP contribution in [0, 0.1) is 5.92 Å². The maximum absolute atomic E-state index is 11.1. The Hall–Kier alpha value is -1.64. The van der Waals surface area contributed by atoms with Crippen molar-refractivity contribution in [2.45, 2.75) is 17.9 Å². The lowest BCUT2D eigenvalue weighted by Gasteiger charge is -2.28. The van der Waals surface area contributed by atoms with Crippen LogP contribution in [0.5, 0.6) is 0 Å². The largest absolute Gasteiger partial charge is 0.382 e. The van der Waals surface area contributed by atoms with Gasteiger partial charge < -0.3 is 9.84 Å². The van der Waals surface area contributed by atoms with Gasteiger partial charge in [-0.1, -0.05) is 60.7 Å². The minimum Gasteiger partial charge on any atom is -0.382 e. The van der Waals surface area contributed by atoms with Gasteiger partial charge in [0.25, 0.3) is 0 Å².